The molecule has 1 saturated heterocycles. The molecule has 0 aromatic heterocycles. The van der Waals surface area contributed by atoms with Gasteiger partial charge in [-0.1, -0.05) is 0 Å². The molecule has 0 spiro atoms. The normalized spacial score (nSPS) is 30.2. The molecule has 1 amide bonds. The molecule has 2 N–H and O–H groups in total. The van der Waals surface area contributed by atoms with Crippen molar-refractivity contribution in [1.29, 1.82) is 0 Å². The summed E-state index contributed by atoms with van der Waals surface area (Å²) in [6.07, 6.45) is 0.691. The van der Waals surface area contributed by atoms with Crippen LogP contribution >= 0.6 is 0 Å². The van der Waals surface area contributed by atoms with E-state index >= 15 is 0 Å². The van der Waals surface area contributed by atoms with E-state index in [1.165, 1.54) is 4.90 Å². The second kappa shape index (κ2) is 4.82. The summed E-state index contributed by atoms with van der Waals surface area (Å²) in [5, 5.41) is 19.2. The van der Waals surface area contributed by atoms with Crippen molar-refractivity contribution in [3.63, 3.8) is 0 Å². The Morgan fingerprint density at radius 3 is 2.59 bits per heavy atom. The molecule has 0 saturated carbocycles. The van der Waals surface area contributed by atoms with Crippen LogP contribution < -0.4 is 0 Å². The molecular formula is C12H23NO4. The first-order valence-electron chi connectivity index (χ1n) is 5.97. The first-order valence-corrected chi connectivity index (χ1v) is 5.97. The minimum absolute atomic E-state index is 0.102. The molecule has 5 nitrogen and oxygen atoms in total. The number of aliphatic hydroxyl groups is 2. The Bertz CT molecular complexity index is 283. The highest BCUT2D eigenvalue weighted by Gasteiger charge is 2.38. The van der Waals surface area contributed by atoms with Crippen LogP contribution in [0.3, 0.4) is 0 Å². The number of hydrogen-bond acceptors (Lipinski definition) is 4. The maximum Gasteiger partial charge on any atom is 0.410 e. The smallest absolute Gasteiger partial charge is 0.410 e. The van der Waals surface area contributed by atoms with Gasteiger partial charge in [-0.25, -0.2) is 4.79 Å². The van der Waals surface area contributed by atoms with Gasteiger partial charge in [0.05, 0.1) is 24.8 Å². The third kappa shape index (κ3) is 4.16. The lowest BCUT2D eigenvalue weighted by Crippen LogP contribution is -2.55. The Morgan fingerprint density at radius 2 is 2.12 bits per heavy atom. The van der Waals surface area contributed by atoms with Crippen LogP contribution in [0.5, 0.6) is 0 Å². The third-order valence-corrected chi connectivity index (χ3v) is 2.81. The molecule has 1 aliphatic heterocycles. The molecule has 0 aromatic carbocycles. The highest BCUT2D eigenvalue weighted by Crippen LogP contribution is 2.26. The lowest BCUT2D eigenvalue weighted by atomic mass is 9.91. The first kappa shape index (κ1) is 14.3. The van der Waals surface area contributed by atoms with Crippen LogP contribution in [0.15, 0.2) is 0 Å². The Balaban J connectivity index is 2.73. The van der Waals surface area contributed by atoms with Crippen molar-refractivity contribution in [2.75, 3.05) is 13.2 Å². The summed E-state index contributed by atoms with van der Waals surface area (Å²) in [6, 6.07) is -0.259. The molecule has 2 atom stereocenters. The van der Waals surface area contributed by atoms with Crippen LogP contribution in [0.25, 0.3) is 0 Å². The predicted octanol–water partition coefficient (Wildman–Crippen LogP) is 1.13. The summed E-state index contributed by atoms with van der Waals surface area (Å²) < 4.78 is 5.27. The van der Waals surface area contributed by atoms with E-state index in [2.05, 4.69) is 0 Å². The number of carbonyl (C=O) groups is 1. The van der Waals surface area contributed by atoms with Gasteiger partial charge in [0.25, 0.3) is 0 Å². The summed E-state index contributed by atoms with van der Waals surface area (Å²) in [4.78, 5) is 13.4. The second-order valence-corrected chi connectivity index (χ2v) is 5.98. The second-order valence-electron chi connectivity index (χ2n) is 5.98. The molecule has 100 valence electrons. The van der Waals surface area contributed by atoms with Crippen LogP contribution in [-0.2, 0) is 4.74 Å². The fraction of sp³-hybridized carbons (Fsp3) is 0.917. The molecule has 1 unspecified atom stereocenters. The molecule has 1 fully saturated rings. The van der Waals surface area contributed by atoms with Gasteiger partial charge < -0.3 is 19.8 Å². The molecule has 1 heterocycles. The molecule has 5 heteroatoms. The van der Waals surface area contributed by atoms with Crippen molar-refractivity contribution in [3.05, 3.63) is 0 Å². The molecular weight excluding hydrogens is 222 g/mol. The largest absolute Gasteiger partial charge is 0.444 e. The molecule has 17 heavy (non-hydrogen) atoms. The van der Waals surface area contributed by atoms with E-state index in [1.54, 1.807) is 27.7 Å². The van der Waals surface area contributed by atoms with Crippen molar-refractivity contribution in [2.45, 2.75) is 57.8 Å². The Kier molecular flexibility index (Phi) is 4.04. The van der Waals surface area contributed by atoms with Gasteiger partial charge in [-0.3, -0.25) is 0 Å². The number of β-amino-alcohol motifs (C(OH)–C–C–N with tert-alkyl or cyclic N) is 1. The minimum Gasteiger partial charge on any atom is -0.444 e. The molecule has 1 aliphatic rings. The zero-order chi connectivity index (χ0) is 13.3. The van der Waals surface area contributed by atoms with Crippen LogP contribution in [0, 0.1) is 0 Å². The number of piperidine rings is 1. The number of amides is 1. The van der Waals surface area contributed by atoms with Gasteiger partial charge in [0.1, 0.15) is 5.60 Å². The van der Waals surface area contributed by atoms with Gasteiger partial charge in [-0.2, -0.15) is 0 Å². The predicted molar refractivity (Wildman–Crippen MR) is 63.7 cm³/mol. The maximum absolute atomic E-state index is 12.0. The summed E-state index contributed by atoms with van der Waals surface area (Å²) >= 11 is 0. The average Bonchev–Trinajstić information content (AvgIpc) is 2.13. The molecule has 0 bridgehead atoms. The minimum atomic E-state index is -0.900. The van der Waals surface area contributed by atoms with E-state index in [0.29, 0.717) is 12.8 Å². The summed E-state index contributed by atoms with van der Waals surface area (Å²) in [7, 11) is 0. The Labute approximate surface area is 102 Å². The van der Waals surface area contributed by atoms with Crippen LogP contribution in [0.2, 0.25) is 0 Å². The van der Waals surface area contributed by atoms with E-state index in [0.717, 1.165) is 0 Å². The number of likely N-dealkylation sites (tertiary alicyclic amines) is 1. The molecule has 0 aromatic rings. The monoisotopic (exact) mass is 245 g/mol. The van der Waals surface area contributed by atoms with Crippen LogP contribution in [0.4, 0.5) is 4.79 Å². The topological polar surface area (TPSA) is 70.0 Å². The number of hydrogen-bond donors (Lipinski definition) is 2. The van der Waals surface area contributed by atoms with Crippen molar-refractivity contribution in [3.8, 4) is 0 Å². The van der Waals surface area contributed by atoms with Crippen molar-refractivity contribution in [1.82, 2.24) is 4.90 Å². The lowest BCUT2D eigenvalue weighted by Gasteiger charge is -2.42. The summed E-state index contributed by atoms with van der Waals surface area (Å²) in [5.41, 5.74) is -1.47. The lowest BCUT2D eigenvalue weighted by molar-refractivity contribution is -0.0593. The molecule has 0 aliphatic carbocycles. The zero-order valence-corrected chi connectivity index (χ0v) is 11.1. The van der Waals surface area contributed by atoms with Gasteiger partial charge >= 0.3 is 6.09 Å². The number of aliphatic hydroxyl groups excluding tert-OH is 1. The average molecular weight is 245 g/mol. The van der Waals surface area contributed by atoms with Gasteiger partial charge in [0.2, 0.25) is 0 Å². The number of ether oxygens (including phenoxy) is 1. The standard InChI is InChI=1S/C12H23NO4/c1-11(2,3)17-10(15)13-8-12(4,16)6-5-9(13)7-14/h9,14,16H,5-8H2,1-4H3/t9?,12-/m1/s1. The number of carbonyl (C=O) groups excluding carboxylic acids is 1. The van der Waals surface area contributed by atoms with E-state index < -0.39 is 17.3 Å². The van der Waals surface area contributed by atoms with Gasteiger partial charge in [0.15, 0.2) is 0 Å². The van der Waals surface area contributed by atoms with Crippen molar-refractivity contribution in [2.24, 2.45) is 0 Å². The van der Waals surface area contributed by atoms with Crippen molar-refractivity contribution >= 4 is 6.09 Å². The first-order chi connectivity index (χ1) is 7.64. The third-order valence-electron chi connectivity index (χ3n) is 2.81. The summed E-state index contributed by atoms with van der Waals surface area (Å²) in [5.74, 6) is 0. The highest BCUT2D eigenvalue weighted by molar-refractivity contribution is 5.69. The molecule has 0 radical (unpaired) electrons. The fourth-order valence-corrected chi connectivity index (χ4v) is 1.93. The molecule has 1 rings (SSSR count). The van der Waals surface area contributed by atoms with E-state index in [1.807, 2.05) is 0 Å². The zero-order valence-electron chi connectivity index (χ0n) is 11.1. The quantitative estimate of drug-likeness (QED) is 0.726. The fourth-order valence-electron chi connectivity index (χ4n) is 1.93. The maximum atomic E-state index is 12.0. The summed E-state index contributed by atoms with van der Waals surface area (Å²) in [6.45, 7) is 7.17. The highest BCUT2D eigenvalue weighted by atomic mass is 16.6. The Hall–Kier alpha value is -0.810. The number of rotatable bonds is 1. The van der Waals surface area contributed by atoms with Crippen molar-refractivity contribution < 1.29 is 19.7 Å². The van der Waals surface area contributed by atoms with E-state index in [4.69, 9.17) is 4.74 Å². The SMILES string of the molecule is CC(C)(C)OC(=O)N1C[C@](C)(O)CCC1CO. The number of nitrogens with zero attached hydrogens (tertiary/aromatic N) is 1. The van der Waals surface area contributed by atoms with Crippen LogP contribution in [0.1, 0.15) is 40.5 Å². The van der Waals surface area contributed by atoms with E-state index in [-0.39, 0.29) is 19.2 Å². The van der Waals surface area contributed by atoms with E-state index in [9.17, 15) is 15.0 Å². The van der Waals surface area contributed by atoms with Gasteiger partial charge in [-0.05, 0) is 40.5 Å². The van der Waals surface area contributed by atoms with Gasteiger partial charge in [-0.15, -0.1) is 0 Å². The van der Waals surface area contributed by atoms with Gasteiger partial charge in [0, 0.05) is 0 Å². The van der Waals surface area contributed by atoms with Crippen LogP contribution in [-0.4, -0.2) is 51.6 Å². The Morgan fingerprint density at radius 1 is 1.53 bits per heavy atom.